The minimum absolute atomic E-state index is 0.00239. The number of nitrogens with one attached hydrogen (secondary N) is 3. The second-order valence-electron chi connectivity index (χ2n) is 8.27. The number of carboxylic acid groups (broad SMARTS) is 1. The number of anilines is 2. The summed E-state index contributed by atoms with van der Waals surface area (Å²) in [5.74, 6) is -3.12. The fourth-order valence-electron chi connectivity index (χ4n) is 4.02. The lowest BCUT2D eigenvalue weighted by atomic mass is 9.86. The van der Waals surface area contributed by atoms with Gasteiger partial charge in [0, 0.05) is 18.6 Å². The highest BCUT2D eigenvalue weighted by Crippen LogP contribution is 2.54. The summed E-state index contributed by atoms with van der Waals surface area (Å²) in [6.45, 7) is 7.59. The molecule has 0 spiro atoms. The number of carboxylic acids is 1. The lowest BCUT2D eigenvalue weighted by molar-refractivity contribution is -0.165. The van der Waals surface area contributed by atoms with E-state index in [2.05, 4.69) is 16.0 Å². The number of β-lactam (4-membered cyclic amide) rings is 1. The van der Waals surface area contributed by atoms with Gasteiger partial charge in [0.15, 0.2) is 0 Å². The highest BCUT2D eigenvalue weighted by molar-refractivity contribution is 8.01. The Morgan fingerprint density at radius 3 is 2.00 bits per heavy atom. The Labute approximate surface area is 183 Å². The van der Waals surface area contributed by atoms with E-state index in [1.54, 1.807) is 26.8 Å². The molecule has 3 rings (SSSR count). The van der Waals surface area contributed by atoms with Crippen LogP contribution in [0.25, 0.3) is 0 Å². The predicted molar refractivity (Wildman–Crippen MR) is 115 cm³/mol. The summed E-state index contributed by atoms with van der Waals surface area (Å²) in [5, 5.41) is 16.8. The molecular formula is C20H24N4O6S. The number of thioether (sulfide) groups is 1. The fraction of sp³-hybridized carbons (Fsp3) is 0.450. The van der Waals surface area contributed by atoms with E-state index >= 15 is 0 Å². The molecule has 11 heteroatoms. The zero-order valence-electron chi connectivity index (χ0n) is 17.7. The van der Waals surface area contributed by atoms with Crippen LogP contribution in [0.1, 0.15) is 45.0 Å². The van der Waals surface area contributed by atoms with Gasteiger partial charge < -0.3 is 26.0 Å². The Kier molecular flexibility index (Phi) is 5.51. The predicted octanol–water partition coefficient (Wildman–Crippen LogP) is 1.24. The number of benzene rings is 1. The van der Waals surface area contributed by atoms with Crippen LogP contribution < -0.4 is 16.0 Å². The lowest BCUT2D eigenvalue weighted by Crippen LogP contribution is -2.78. The molecule has 10 nitrogen and oxygen atoms in total. The molecule has 3 atom stereocenters. The summed E-state index contributed by atoms with van der Waals surface area (Å²) in [6, 6.07) is 3.57. The molecule has 31 heavy (non-hydrogen) atoms. The molecule has 1 unspecified atom stereocenters. The second kappa shape index (κ2) is 7.56. The van der Waals surface area contributed by atoms with Crippen molar-refractivity contribution >= 4 is 52.7 Å². The molecule has 0 aliphatic carbocycles. The molecule has 2 aliphatic heterocycles. The van der Waals surface area contributed by atoms with Crippen LogP contribution in [0.15, 0.2) is 18.2 Å². The molecule has 4 amide bonds. The van der Waals surface area contributed by atoms with Gasteiger partial charge in [0.2, 0.25) is 11.8 Å². The maximum absolute atomic E-state index is 13.3. The molecule has 2 aliphatic rings. The van der Waals surface area contributed by atoms with Gasteiger partial charge in [-0.15, -0.1) is 11.8 Å². The normalized spacial score (nSPS) is 25.8. The van der Waals surface area contributed by atoms with Crippen molar-refractivity contribution in [3.8, 4) is 0 Å². The molecule has 1 aromatic rings. The Bertz CT molecular complexity index is 975. The van der Waals surface area contributed by atoms with Gasteiger partial charge in [0.1, 0.15) is 17.0 Å². The Balaban J connectivity index is 1.95. The van der Waals surface area contributed by atoms with Crippen LogP contribution in [0.3, 0.4) is 0 Å². The van der Waals surface area contributed by atoms with Crippen LogP contribution in [0.2, 0.25) is 0 Å². The van der Waals surface area contributed by atoms with Gasteiger partial charge in [0.25, 0.3) is 11.8 Å². The second-order valence-corrected chi connectivity index (χ2v) is 10.0. The number of hydrogen-bond acceptors (Lipinski definition) is 6. The van der Waals surface area contributed by atoms with E-state index in [0.717, 1.165) is 0 Å². The Morgan fingerprint density at radius 1 is 1.03 bits per heavy atom. The number of amides is 4. The number of rotatable bonds is 5. The first kappa shape index (κ1) is 22.6. The standard InChI is InChI=1S/C20H24N4O6S/c1-9(25)21-11-7-6-8-12(22-10(2)26)13(11)15(27)23-20(5)17(30)24-14(16(28)29)19(3,4)31-18(20)24/h6-8,14,18H,1-5H3,(H,21,25)(H,22,26)(H,23,27)(H,28,29)/t14-,18+,20?/m0/s1. The number of nitrogens with zero attached hydrogens (tertiary/aromatic N) is 1. The average molecular weight is 449 g/mol. The number of carbonyl (C=O) groups excluding carboxylic acids is 4. The SMILES string of the molecule is CC(=O)Nc1cccc(NC(C)=O)c1C(=O)NC1(C)C(=O)N2[C@@H](C(=O)O)C(C)(C)S[C@@H]21. The van der Waals surface area contributed by atoms with Crippen LogP contribution >= 0.6 is 11.8 Å². The zero-order valence-corrected chi connectivity index (χ0v) is 18.5. The van der Waals surface area contributed by atoms with E-state index in [1.165, 1.54) is 42.6 Å². The molecule has 1 aromatic carbocycles. The van der Waals surface area contributed by atoms with E-state index in [4.69, 9.17) is 0 Å². The quantitative estimate of drug-likeness (QED) is 0.496. The summed E-state index contributed by atoms with van der Waals surface area (Å²) in [7, 11) is 0. The van der Waals surface area contributed by atoms with Crippen molar-refractivity contribution < 1.29 is 29.1 Å². The maximum Gasteiger partial charge on any atom is 0.327 e. The third-order valence-corrected chi connectivity index (χ3v) is 7.05. The third-order valence-electron chi connectivity index (χ3n) is 5.30. The van der Waals surface area contributed by atoms with Crippen molar-refractivity contribution in [3.63, 3.8) is 0 Å². The number of fused-ring (bicyclic) bond motifs is 1. The topological polar surface area (TPSA) is 145 Å². The smallest absolute Gasteiger partial charge is 0.327 e. The van der Waals surface area contributed by atoms with Gasteiger partial charge in [-0.05, 0) is 32.9 Å². The van der Waals surface area contributed by atoms with Crippen molar-refractivity contribution in [3.05, 3.63) is 23.8 Å². The van der Waals surface area contributed by atoms with Crippen LogP contribution in [0.4, 0.5) is 11.4 Å². The lowest BCUT2D eigenvalue weighted by Gasteiger charge is -2.51. The Morgan fingerprint density at radius 2 is 1.55 bits per heavy atom. The van der Waals surface area contributed by atoms with Crippen molar-refractivity contribution in [2.75, 3.05) is 10.6 Å². The summed E-state index contributed by atoms with van der Waals surface area (Å²) in [4.78, 5) is 62.4. The van der Waals surface area contributed by atoms with Crippen molar-refractivity contribution in [2.24, 2.45) is 0 Å². The van der Waals surface area contributed by atoms with E-state index in [1.807, 2.05) is 0 Å². The van der Waals surface area contributed by atoms with Crippen LogP contribution in [0.5, 0.6) is 0 Å². The van der Waals surface area contributed by atoms with Crippen molar-refractivity contribution in [1.29, 1.82) is 0 Å². The summed E-state index contributed by atoms with van der Waals surface area (Å²) in [5.41, 5.74) is -1.00. The van der Waals surface area contributed by atoms with Gasteiger partial charge in [-0.3, -0.25) is 19.2 Å². The van der Waals surface area contributed by atoms with E-state index in [0.29, 0.717) is 0 Å². The minimum atomic E-state index is -1.35. The maximum atomic E-state index is 13.3. The molecular weight excluding hydrogens is 424 g/mol. The van der Waals surface area contributed by atoms with Crippen molar-refractivity contribution in [1.82, 2.24) is 10.2 Å². The van der Waals surface area contributed by atoms with Gasteiger partial charge in [-0.2, -0.15) is 0 Å². The highest BCUT2D eigenvalue weighted by Gasteiger charge is 2.70. The Hall–Kier alpha value is -3.08. The minimum Gasteiger partial charge on any atom is -0.480 e. The highest BCUT2D eigenvalue weighted by atomic mass is 32.2. The molecule has 0 radical (unpaired) electrons. The monoisotopic (exact) mass is 448 g/mol. The van der Waals surface area contributed by atoms with Crippen LogP contribution in [0, 0.1) is 0 Å². The van der Waals surface area contributed by atoms with E-state index < -0.39 is 51.3 Å². The molecule has 166 valence electrons. The average Bonchev–Trinajstić information content (AvgIpc) is 2.90. The fourth-order valence-corrected chi connectivity index (χ4v) is 5.67. The van der Waals surface area contributed by atoms with Gasteiger partial charge in [0.05, 0.1) is 16.9 Å². The molecule has 0 saturated carbocycles. The molecule has 0 bridgehead atoms. The van der Waals surface area contributed by atoms with E-state index in [-0.39, 0.29) is 16.9 Å². The van der Waals surface area contributed by atoms with Crippen LogP contribution in [-0.4, -0.2) is 61.3 Å². The van der Waals surface area contributed by atoms with Crippen LogP contribution in [-0.2, 0) is 19.2 Å². The molecule has 2 heterocycles. The first-order chi connectivity index (χ1) is 14.3. The molecule has 4 N–H and O–H groups in total. The zero-order chi connectivity index (χ0) is 23.3. The van der Waals surface area contributed by atoms with Crippen molar-refractivity contribution in [2.45, 2.75) is 56.3 Å². The summed E-state index contributed by atoms with van der Waals surface area (Å²) < 4.78 is -0.746. The first-order valence-corrected chi connectivity index (χ1v) is 10.4. The summed E-state index contributed by atoms with van der Waals surface area (Å²) in [6.07, 6.45) is 0. The van der Waals surface area contributed by atoms with Gasteiger partial charge >= 0.3 is 5.97 Å². The number of hydrogen-bond donors (Lipinski definition) is 4. The van der Waals surface area contributed by atoms with Gasteiger partial charge in [-0.25, -0.2) is 4.79 Å². The number of aliphatic carboxylic acids is 1. The summed E-state index contributed by atoms with van der Waals surface area (Å²) >= 11 is 1.30. The van der Waals surface area contributed by atoms with E-state index in [9.17, 15) is 29.1 Å². The molecule has 0 aromatic heterocycles. The molecule has 2 fully saturated rings. The molecule has 2 saturated heterocycles. The largest absolute Gasteiger partial charge is 0.480 e. The number of carbonyl (C=O) groups is 5. The third kappa shape index (κ3) is 3.73. The van der Waals surface area contributed by atoms with Gasteiger partial charge in [-0.1, -0.05) is 6.07 Å². The first-order valence-electron chi connectivity index (χ1n) is 9.53.